The summed E-state index contributed by atoms with van der Waals surface area (Å²) in [6.45, 7) is 0.366. The predicted octanol–water partition coefficient (Wildman–Crippen LogP) is 4.26. The van der Waals surface area contributed by atoms with Crippen molar-refractivity contribution in [1.29, 1.82) is 0 Å². The minimum absolute atomic E-state index is 0.278. The number of carbonyl (C=O) groups excluding carboxylic acids is 1. The van der Waals surface area contributed by atoms with Crippen molar-refractivity contribution in [3.8, 4) is 11.5 Å². The second kappa shape index (κ2) is 7.76. The number of nitrogens with one attached hydrogen (secondary N) is 1. The first kappa shape index (κ1) is 17.6. The highest BCUT2D eigenvalue weighted by Gasteiger charge is 2.12. The lowest BCUT2D eigenvalue weighted by atomic mass is 10.2. The first-order valence-electron chi connectivity index (χ1n) is 7.32. The molecule has 0 aliphatic carbocycles. The van der Waals surface area contributed by atoms with Crippen molar-refractivity contribution >= 4 is 33.4 Å². The second-order valence-corrected chi connectivity index (χ2v) is 6.36. The molecule has 0 fully saturated rings. The van der Waals surface area contributed by atoms with Crippen molar-refractivity contribution in [3.05, 3.63) is 69.5 Å². The van der Waals surface area contributed by atoms with Crippen LogP contribution in [-0.4, -0.2) is 22.4 Å². The highest BCUT2D eigenvalue weighted by Crippen LogP contribution is 2.20. The van der Waals surface area contributed by atoms with Crippen LogP contribution in [0.4, 0.5) is 4.39 Å². The molecule has 1 N–H and O–H groups in total. The van der Waals surface area contributed by atoms with Crippen LogP contribution in [0.2, 0.25) is 5.02 Å². The summed E-state index contributed by atoms with van der Waals surface area (Å²) in [4.78, 5) is 20.4. The average molecular weight is 425 g/mol. The molecular weight excluding hydrogens is 413 g/mol. The Bertz CT molecular complexity index is 899. The minimum Gasteiger partial charge on any atom is -0.444 e. The van der Waals surface area contributed by atoms with E-state index in [0.29, 0.717) is 40.3 Å². The van der Waals surface area contributed by atoms with Gasteiger partial charge in [-0.05, 0) is 46.3 Å². The normalized spacial score (nSPS) is 10.7. The molecule has 5 nitrogen and oxygen atoms in total. The van der Waals surface area contributed by atoms with Crippen LogP contribution in [-0.2, 0) is 6.42 Å². The summed E-state index contributed by atoms with van der Waals surface area (Å²) in [5.41, 5.74) is 1.71. The molecule has 0 radical (unpaired) electrons. The van der Waals surface area contributed by atoms with Crippen LogP contribution >= 0.6 is 27.5 Å². The fraction of sp³-hybridized carbons (Fsp3) is 0.118. The lowest BCUT2D eigenvalue weighted by Crippen LogP contribution is -2.26. The Labute approximate surface area is 156 Å². The van der Waals surface area contributed by atoms with Crippen molar-refractivity contribution in [2.75, 3.05) is 6.54 Å². The molecule has 0 aliphatic rings. The number of carbonyl (C=O) groups is 1. The molecule has 0 saturated heterocycles. The monoisotopic (exact) mass is 423 g/mol. The van der Waals surface area contributed by atoms with Crippen LogP contribution in [0, 0.1) is 5.82 Å². The molecule has 1 aromatic carbocycles. The van der Waals surface area contributed by atoms with Gasteiger partial charge in [0.1, 0.15) is 16.7 Å². The standard InChI is InChI=1S/C17H12BrClFN3O2/c18-15-7-13(14(19)8-22-15)16(24)21-6-5-12-9-25-17(23-12)10-1-3-11(20)4-2-10/h1-4,7-9H,5-6H2,(H,21,24). The molecule has 3 rings (SSSR count). The van der Waals surface area contributed by atoms with E-state index < -0.39 is 0 Å². The summed E-state index contributed by atoms with van der Waals surface area (Å²) in [6.07, 6.45) is 3.41. The third kappa shape index (κ3) is 4.43. The molecule has 8 heteroatoms. The van der Waals surface area contributed by atoms with Gasteiger partial charge in [0.05, 0.1) is 16.3 Å². The highest BCUT2D eigenvalue weighted by atomic mass is 79.9. The molecule has 1 amide bonds. The first-order chi connectivity index (χ1) is 12.0. The van der Waals surface area contributed by atoms with Gasteiger partial charge in [0, 0.05) is 24.7 Å². The number of rotatable bonds is 5. The molecule has 25 heavy (non-hydrogen) atoms. The Morgan fingerprint density at radius 1 is 1.32 bits per heavy atom. The number of hydrogen-bond donors (Lipinski definition) is 1. The van der Waals surface area contributed by atoms with Crippen LogP contribution < -0.4 is 5.32 Å². The summed E-state index contributed by atoms with van der Waals surface area (Å²) in [7, 11) is 0. The third-order valence-corrected chi connectivity index (χ3v) is 4.11. The first-order valence-corrected chi connectivity index (χ1v) is 8.49. The van der Waals surface area contributed by atoms with Crippen molar-refractivity contribution < 1.29 is 13.6 Å². The zero-order valence-electron chi connectivity index (χ0n) is 12.8. The fourth-order valence-corrected chi connectivity index (χ4v) is 2.65. The summed E-state index contributed by atoms with van der Waals surface area (Å²) >= 11 is 9.17. The number of oxazole rings is 1. The van der Waals surface area contributed by atoms with Gasteiger partial charge < -0.3 is 9.73 Å². The van der Waals surface area contributed by atoms with Crippen LogP contribution in [0.25, 0.3) is 11.5 Å². The molecule has 0 unspecified atom stereocenters. The molecule has 2 heterocycles. The van der Waals surface area contributed by atoms with Crippen molar-refractivity contribution in [3.63, 3.8) is 0 Å². The summed E-state index contributed by atoms with van der Waals surface area (Å²) in [6, 6.07) is 7.43. The molecule has 0 saturated carbocycles. The lowest BCUT2D eigenvalue weighted by Gasteiger charge is -2.05. The van der Waals surface area contributed by atoms with Crippen molar-refractivity contribution in [1.82, 2.24) is 15.3 Å². The maximum atomic E-state index is 12.9. The van der Waals surface area contributed by atoms with Crippen LogP contribution in [0.3, 0.4) is 0 Å². The maximum absolute atomic E-state index is 12.9. The summed E-state index contributed by atoms with van der Waals surface area (Å²) in [5, 5.41) is 3.05. The molecular formula is C17H12BrClFN3O2. The average Bonchev–Trinajstić information content (AvgIpc) is 3.06. The van der Waals surface area contributed by atoms with E-state index in [-0.39, 0.29) is 16.7 Å². The van der Waals surface area contributed by atoms with E-state index in [4.69, 9.17) is 16.0 Å². The van der Waals surface area contributed by atoms with E-state index in [2.05, 4.69) is 31.2 Å². The number of halogens is 3. The molecule has 2 aromatic heterocycles. The van der Waals surface area contributed by atoms with E-state index >= 15 is 0 Å². The fourth-order valence-electron chi connectivity index (χ4n) is 2.13. The SMILES string of the molecule is O=C(NCCc1coc(-c2ccc(F)cc2)n1)c1cc(Br)ncc1Cl. The highest BCUT2D eigenvalue weighted by molar-refractivity contribution is 9.10. The predicted molar refractivity (Wildman–Crippen MR) is 94.9 cm³/mol. The summed E-state index contributed by atoms with van der Waals surface area (Å²) < 4.78 is 18.9. The largest absolute Gasteiger partial charge is 0.444 e. The van der Waals surface area contributed by atoms with Crippen LogP contribution in [0.1, 0.15) is 16.1 Å². The number of aromatic nitrogens is 2. The molecule has 0 spiro atoms. The minimum atomic E-state index is -0.320. The Morgan fingerprint density at radius 2 is 2.08 bits per heavy atom. The zero-order chi connectivity index (χ0) is 17.8. The molecule has 0 bridgehead atoms. The number of nitrogens with zero attached hydrogens (tertiary/aromatic N) is 2. The maximum Gasteiger partial charge on any atom is 0.252 e. The van der Waals surface area contributed by atoms with Gasteiger partial charge in [0.15, 0.2) is 0 Å². The molecule has 128 valence electrons. The smallest absolute Gasteiger partial charge is 0.252 e. The number of amides is 1. The van der Waals surface area contributed by atoms with E-state index in [1.807, 2.05) is 0 Å². The van der Waals surface area contributed by atoms with Crippen molar-refractivity contribution in [2.45, 2.75) is 6.42 Å². The van der Waals surface area contributed by atoms with E-state index in [1.165, 1.54) is 24.6 Å². The molecule has 0 aliphatic heterocycles. The number of pyridine rings is 1. The van der Waals surface area contributed by atoms with Gasteiger partial charge in [-0.25, -0.2) is 14.4 Å². The van der Waals surface area contributed by atoms with E-state index in [0.717, 1.165) is 0 Å². The lowest BCUT2D eigenvalue weighted by molar-refractivity contribution is 0.0954. The zero-order valence-corrected chi connectivity index (χ0v) is 15.1. The Morgan fingerprint density at radius 3 is 2.84 bits per heavy atom. The third-order valence-electron chi connectivity index (χ3n) is 3.38. The van der Waals surface area contributed by atoms with Gasteiger partial charge in [-0.15, -0.1) is 0 Å². The Balaban J connectivity index is 1.58. The van der Waals surface area contributed by atoms with Gasteiger partial charge >= 0.3 is 0 Å². The topological polar surface area (TPSA) is 68.0 Å². The number of benzene rings is 1. The number of hydrogen-bond acceptors (Lipinski definition) is 4. The summed E-state index contributed by atoms with van der Waals surface area (Å²) in [5.74, 6) is -0.211. The molecule has 0 atom stereocenters. The van der Waals surface area contributed by atoms with Crippen molar-refractivity contribution in [2.24, 2.45) is 0 Å². The quantitative estimate of drug-likeness (QED) is 0.621. The second-order valence-electron chi connectivity index (χ2n) is 5.14. The van der Waals surface area contributed by atoms with Crippen LogP contribution in [0.15, 0.2) is 51.8 Å². The Hall–Kier alpha value is -2.25. The molecule has 3 aromatic rings. The van der Waals surface area contributed by atoms with E-state index in [9.17, 15) is 9.18 Å². The Kier molecular flexibility index (Phi) is 5.45. The van der Waals surface area contributed by atoms with Gasteiger partial charge in [-0.3, -0.25) is 4.79 Å². The van der Waals surface area contributed by atoms with Gasteiger partial charge in [-0.2, -0.15) is 0 Å². The van der Waals surface area contributed by atoms with Gasteiger partial charge in [0.2, 0.25) is 5.89 Å². The van der Waals surface area contributed by atoms with Gasteiger partial charge in [0.25, 0.3) is 5.91 Å². The van der Waals surface area contributed by atoms with E-state index in [1.54, 1.807) is 18.2 Å². The van der Waals surface area contributed by atoms with Gasteiger partial charge in [-0.1, -0.05) is 11.6 Å². The van der Waals surface area contributed by atoms with Crippen LogP contribution in [0.5, 0.6) is 0 Å².